The van der Waals surface area contributed by atoms with Gasteiger partial charge in [-0.3, -0.25) is 4.79 Å². The molecule has 1 N–H and O–H groups in total. The Morgan fingerprint density at radius 3 is 2.36 bits per heavy atom. The van der Waals surface area contributed by atoms with Crippen LogP contribution < -0.4 is 5.32 Å². The van der Waals surface area contributed by atoms with E-state index in [9.17, 15) is 4.79 Å². The highest BCUT2D eigenvalue weighted by molar-refractivity contribution is 6.31. The second-order valence-corrected chi connectivity index (χ2v) is 6.89. The molecular formula is C23H18ClN3O. The Morgan fingerprint density at radius 1 is 0.964 bits per heavy atom. The van der Waals surface area contributed by atoms with Gasteiger partial charge in [0.05, 0.1) is 11.3 Å². The summed E-state index contributed by atoms with van der Waals surface area (Å²) in [5.41, 5.74) is 4.51. The third kappa shape index (κ3) is 3.68. The van der Waals surface area contributed by atoms with Crippen molar-refractivity contribution in [2.24, 2.45) is 0 Å². The van der Waals surface area contributed by atoms with Gasteiger partial charge in [-0.1, -0.05) is 66.2 Å². The molecule has 4 nitrogen and oxygen atoms in total. The molecule has 0 saturated heterocycles. The van der Waals surface area contributed by atoms with Crippen LogP contribution in [0.4, 0.5) is 5.69 Å². The largest absolute Gasteiger partial charge is 0.322 e. The molecule has 0 aliphatic heterocycles. The van der Waals surface area contributed by atoms with E-state index < -0.39 is 0 Å². The molecule has 1 amide bonds. The van der Waals surface area contributed by atoms with E-state index in [-0.39, 0.29) is 5.91 Å². The zero-order valence-electron chi connectivity index (χ0n) is 15.3. The Bertz CT molecular complexity index is 1120. The molecule has 1 heterocycles. The Labute approximate surface area is 168 Å². The molecule has 0 aliphatic rings. The van der Waals surface area contributed by atoms with Crippen molar-refractivity contribution >= 4 is 23.2 Å². The number of benzene rings is 3. The quantitative estimate of drug-likeness (QED) is 0.484. The Morgan fingerprint density at radius 2 is 1.64 bits per heavy atom. The molecule has 0 fully saturated rings. The van der Waals surface area contributed by atoms with E-state index in [1.54, 1.807) is 23.0 Å². The van der Waals surface area contributed by atoms with Crippen molar-refractivity contribution in [2.45, 2.75) is 6.92 Å². The first-order valence-electron chi connectivity index (χ1n) is 8.90. The molecule has 28 heavy (non-hydrogen) atoms. The van der Waals surface area contributed by atoms with Crippen LogP contribution in [-0.4, -0.2) is 15.7 Å². The SMILES string of the molecule is Cc1ccc(Cl)cc1NC(=O)c1cn(-c2ccccc2)nc1-c1ccccc1. The highest BCUT2D eigenvalue weighted by Gasteiger charge is 2.19. The van der Waals surface area contributed by atoms with Gasteiger partial charge < -0.3 is 5.32 Å². The smallest absolute Gasteiger partial charge is 0.259 e. The van der Waals surface area contributed by atoms with Crippen molar-refractivity contribution in [1.29, 1.82) is 0 Å². The van der Waals surface area contributed by atoms with Crippen LogP contribution in [0.3, 0.4) is 0 Å². The van der Waals surface area contributed by atoms with Gasteiger partial charge in [0.2, 0.25) is 0 Å². The van der Waals surface area contributed by atoms with Gasteiger partial charge >= 0.3 is 0 Å². The zero-order chi connectivity index (χ0) is 19.5. The van der Waals surface area contributed by atoms with Crippen molar-refractivity contribution < 1.29 is 4.79 Å². The van der Waals surface area contributed by atoms with Crippen LogP contribution in [0, 0.1) is 6.92 Å². The van der Waals surface area contributed by atoms with Gasteiger partial charge in [-0.2, -0.15) is 5.10 Å². The minimum absolute atomic E-state index is 0.230. The van der Waals surface area contributed by atoms with E-state index in [2.05, 4.69) is 10.4 Å². The minimum atomic E-state index is -0.230. The Balaban J connectivity index is 1.77. The van der Waals surface area contributed by atoms with Crippen LogP contribution in [-0.2, 0) is 0 Å². The summed E-state index contributed by atoms with van der Waals surface area (Å²) in [7, 11) is 0. The van der Waals surface area contributed by atoms with Crippen LogP contribution in [0.15, 0.2) is 85.1 Å². The van der Waals surface area contributed by atoms with Crippen LogP contribution in [0.2, 0.25) is 5.02 Å². The molecule has 4 rings (SSSR count). The third-order valence-corrected chi connectivity index (χ3v) is 4.71. The third-order valence-electron chi connectivity index (χ3n) is 4.47. The van der Waals surface area contributed by atoms with Crippen molar-refractivity contribution in [3.63, 3.8) is 0 Å². The average Bonchev–Trinajstić information content (AvgIpc) is 3.18. The van der Waals surface area contributed by atoms with Gasteiger partial charge in [-0.15, -0.1) is 0 Å². The van der Waals surface area contributed by atoms with Gasteiger partial charge in [0.15, 0.2) is 0 Å². The Hall–Kier alpha value is -3.37. The molecule has 0 spiro atoms. The fraction of sp³-hybridized carbons (Fsp3) is 0.0435. The van der Waals surface area contributed by atoms with Crippen LogP contribution in [0.5, 0.6) is 0 Å². The topological polar surface area (TPSA) is 46.9 Å². The molecule has 138 valence electrons. The number of hydrogen-bond acceptors (Lipinski definition) is 2. The molecule has 0 atom stereocenters. The summed E-state index contributed by atoms with van der Waals surface area (Å²) in [5, 5.41) is 8.22. The number of rotatable bonds is 4. The molecule has 0 aliphatic carbocycles. The summed E-state index contributed by atoms with van der Waals surface area (Å²) >= 11 is 6.09. The van der Waals surface area contributed by atoms with Crippen LogP contribution in [0.1, 0.15) is 15.9 Å². The highest BCUT2D eigenvalue weighted by atomic mass is 35.5. The predicted octanol–water partition coefficient (Wildman–Crippen LogP) is 5.75. The van der Waals surface area contributed by atoms with E-state index in [1.807, 2.05) is 73.7 Å². The fourth-order valence-electron chi connectivity index (χ4n) is 2.98. The predicted molar refractivity (Wildman–Crippen MR) is 113 cm³/mol. The average molecular weight is 388 g/mol. The number of anilines is 1. The van der Waals surface area contributed by atoms with Gasteiger partial charge in [0.1, 0.15) is 5.69 Å². The monoisotopic (exact) mass is 387 g/mol. The molecule has 1 aromatic heterocycles. The van der Waals surface area contributed by atoms with Gasteiger partial charge in [0, 0.05) is 22.5 Å². The number of aromatic nitrogens is 2. The second kappa shape index (κ2) is 7.71. The first-order valence-corrected chi connectivity index (χ1v) is 9.27. The summed E-state index contributed by atoms with van der Waals surface area (Å²) in [6.45, 7) is 1.93. The zero-order valence-corrected chi connectivity index (χ0v) is 16.0. The normalized spacial score (nSPS) is 10.6. The van der Waals surface area contributed by atoms with Gasteiger partial charge in [-0.25, -0.2) is 4.68 Å². The molecule has 0 unspecified atom stereocenters. The molecule has 5 heteroatoms. The number of para-hydroxylation sites is 1. The Kier molecular flexibility index (Phi) is 4.96. The summed E-state index contributed by atoms with van der Waals surface area (Å²) in [6.07, 6.45) is 1.76. The lowest BCUT2D eigenvalue weighted by molar-refractivity contribution is 0.102. The van der Waals surface area contributed by atoms with E-state index in [0.717, 1.165) is 16.8 Å². The van der Waals surface area contributed by atoms with Crippen molar-refractivity contribution in [3.8, 4) is 16.9 Å². The number of amides is 1. The molecule has 0 bridgehead atoms. The van der Waals surface area contributed by atoms with E-state index >= 15 is 0 Å². The van der Waals surface area contributed by atoms with E-state index in [4.69, 9.17) is 11.6 Å². The molecule has 0 saturated carbocycles. The lowest BCUT2D eigenvalue weighted by atomic mass is 10.1. The maximum absolute atomic E-state index is 13.1. The number of carbonyl (C=O) groups is 1. The maximum Gasteiger partial charge on any atom is 0.259 e. The maximum atomic E-state index is 13.1. The lowest BCUT2D eigenvalue weighted by Crippen LogP contribution is -2.13. The number of nitrogens with zero attached hydrogens (tertiary/aromatic N) is 2. The van der Waals surface area contributed by atoms with Gasteiger partial charge in [-0.05, 0) is 36.8 Å². The molecule has 3 aromatic carbocycles. The molecular weight excluding hydrogens is 370 g/mol. The number of carbonyl (C=O) groups excluding carboxylic acids is 1. The summed E-state index contributed by atoms with van der Waals surface area (Å²) in [4.78, 5) is 13.1. The van der Waals surface area contributed by atoms with Crippen LogP contribution in [0.25, 0.3) is 16.9 Å². The first kappa shape index (κ1) is 18.0. The lowest BCUT2D eigenvalue weighted by Gasteiger charge is -2.09. The number of halogens is 1. The van der Waals surface area contributed by atoms with E-state index in [1.165, 1.54) is 0 Å². The molecule has 4 aromatic rings. The summed E-state index contributed by atoms with van der Waals surface area (Å²) < 4.78 is 1.72. The van der Waals surface area contributed by atoms with Crippen molar-refractivity contribution in [2.75, 3.05) is 5.32 Å². The fourth-order valence-corrected chi connectivity index (χ4v) is 3.15. The number of aryl methyl sites for hydroxylation is 1. The van der Waals surface area contributed by atoms with E-state index in [0.29, 0.717) is 22.0 Å². The molecule has 0 radical (unpaired) electrons. The standard InChI is InChI=1S/C23H18ClN3O/c1-16-12-13-18(24)14-21(16)25-23(28)20-15-27(19-10-6-3-7-11-19)26-22(20)17-8-4-2-5-9-17/h2-15H,1H3,(H,25,28). The highest BCUT2D eigenvalue weighted by Crippen LogP contribution is 2.26. The van der Waals surface area contributed by atoms with Crippen molar-refractivity contribution in [3.05, 3.63) is 101 Å². The summed E-state index contributed by atoms with van der Waals surface area (Å²) in [5.74, 6) is -0.230. The van der Waals surface area contributed by atoms with Crippen LogP contribution >= 0.6 is 11.6 Å². The van der Waals surface area contributed by atoms with Gasteiger partial charge in [0.25, 0.3) is 5.91 Å². The number of nitrogens with one attached hydrogen (secondary N) is 1. The number of hydrogen-bond donors (Lipinski definition) is 1. The second-order valence-electron chi connectivity index (χ2n) is 6.45. The van der Waals surface area contributed by atoms with Crippen molar-refractivity contribution in [1.82, 2.24) is 9.78 Å². The first-order chi connectivity index (χ1) is 13.6. The minimum Gasteiger partial charge on any atom is -0.322 e. The summed E-state index contributed by atoms with van der Waals surface area (Å²) in [6, 6.07) is 24.8.